The number of rotatable bonds is 6. The smallest absolute Gasteiger partial charge is 0.338 e. The van der Waals surface area contributed by atoms with Gasteiger partial charge in [0, 0.05) is 5.56 Å². The lowest BCUT2D eigenvalue weighted by atomic mass is 9.87. The molecule has 0 saturated heterocycles. The van der Waals surface area contributed by atoms with Crippen LogP contribution in [0.3, 0.4) is 0 Å². The van der Waals surface area contributed by atoms with E-state index in [2.05, 4.69) is 37.9 Å². The zero-order valence-electron chi connectivity index (χ0n) is 22.2. The second-order valence-electron chi connectivity index (χ2n) is 9.78. The number of thiazole rings is 1. The minimum absolute atomic E-state index is 0.0364. The van der Waals surface area contributed by atoms with Crippen molar-refractivity contribution < 1.29 is 19.0 Å². The van der Waals surface area contributed by atoms with Crippen LogP contribution in [0.5, 0.6) is 11.5 Å². The molecule has 0 fully saturated rings. The molecule has 2 heterocycles. The minimum Gasteiger partial charge on any atom is -0.497 e. The zero-order chi connectivity index (χ0) is 26.9. The summed E-state index contributed by atoms with van der Waals surface area (Å²) in [5.41, 5.74) is 3.32. The summed E-state index contributed by atoms with van der Waals surface area (Å²) in [6.45, 7) is 10.2. The number of esters is 1. The van der Waals surface area contributed by atoms with Gasteiger partial charge >= 0.3 is 5.97 Å². The topological polar surface area (TPSA) is 79.1 Å². The van der Waals surface area contributed by atoms with Crippen molar-refractivity contribution in [2.24, 2.45) is 4.99 Å². The fourth-order valence-electron chi connectivity index (χ4n) is 4.37. The van der Waals surface area contributed by atoms with Gasteiger partial charge in [-0.3, -0.25) is 9.36 Å². The van der Waals surface area contributed by atoms with Gasteiger partial charge in [-0.2, -0.15) is 0 Å². The van der Waals surface area contributed by atoms with E-state index in [-0.39, 0.29) is 17.6 Å². The van der Waals surface area contributed by atoms with Gasteiger partial charge in [0.25, 0.3) is 5.56 Å². The van der Waals surface area contributed by atoms with Gasteiger partial charge < -0.3 is 14.2 Å². The van der Waals surface area contributed by atoms with Gasteiger partial charge in [0.2, 0.25) is 0 Å². The largest absolute Gasteiger partial charge is 0.497 e. The predicted molar refractivity (Wildman–Crippen MR) is 145 cm³/mol. The average molecular weight is 521 g/mol. The van der Waals surface area contributed by atoms with E-state index in [0.717, 1.165) is 5.56 Å². The van der Waals surface area contributed by atoms with Crippen LogP contribution >= 0.6 is 11.3 Å². The summed E-state index contributed by atoms with van der Waals surface area (Å²) >= 11 is 1.29. The summed E-state index contributed by atoms with van der Waals surface area (Å²) in [5, 5.41) is 0. The van der Waals surface area contributed by atoms with Crippen LogP contribution in [0.1, 0.15) is 57.4 Å². The van der Waals surface area contributed by atoms with Crippen molar-refractivity contribution in [3.05, 3.63) is 90.1 Å². The van der Waals surface area contributed by atoms with Crippen molar-refractivity contribution in [2.75, 3.05) is 20.8 Å². The molecule has 37 heavy (non-hydrogen) atoms. The summed E-state index contributed by atoms with van der Waals surface area (Å²) in [6, 6.07) is 12.7. The molecule has 2 aromatic carbocycles. The highest BCUT2D eigenvalue weighted by Gasteiger charge is 2.35. The third-order valence-corrected chi connectivity index (χ3v) is 7.31. The van der Waals surface area contributed by atoms with Crippen molar-refractivity contribution >= 4 is 23.4 Å². The Hall–Kier alpha value is -3.65. The molecule has 1 aliphatic heterocycles. The quantitative estimate of drug-likeness (QED) is 0.457. The Bertz CT molecular complexity index is 1540. The van der Waals surface area contributed by atoms with Gasteiger partial charge in [0.15, 0.2) is 4.80 Å². The lowest BCUT2D eigenvalue weighted by Gasteiger charge is -2.26. The second kappa shape index (κ2) is 10.4. The SMILES string of the molecule is CCOC(=O)C1=C(C)N=c2s/c(=C\c3ccc(C(C)(C)C)cc3)c(=O)n2[C@@H]1c1cc(OC)ccc1OC. The maximum absolute atomic E-state index is 13.9. The summed E-state index contributed by atoms with van der Waals surface area (Å²) in [6.07, 6.45) is 1.86. The molecule has 0 radical (unpaired) electrons. The second-order valence-corrected chi connectivity index (χ2v) is 10.8. The van der Waals surface area contributed by atoms with Crippen molar-refractivity contribution in [1.82, 2.24) is 4.57 Å². The molecule has 1 aliphatic rings. The molecule has 4 rings (SSSR count). The first kappa shape index (κ1) is 26.4. The van der Waals surface area contributed by atoms with Gasteiger partial charge in [-0.25, -0.2) is 9.79 Å². The van der Waals surface area contributed by atoms with Crippen molar-refractivity contribution in [1.29, 1.82) is 0 Å². The first-order valence-electron chi connectivity index (χ1n) is 12.1. The first-order chi connectivity index (χ1) is 17.6. The number of benzene rings is 2. The molecule has 1 aromatic heterocycles. The number of carbonyl (C=O) groups excluding carboxylic acids is 1. The molecule has 3 aromatic rings. The standard InChI is InChI=1S/C29H32N2O5S/c1-8-36-27(33)24-17(2)30-28-31(25(24)21-16-20(34-6)13-14-22(21)35-7)26(32)23(37-28)15-18-9-11-19(12-10-18)29(3,4)5/h9-16,25H,8H2,1-7H3/b23-15-/t25-/m1/s1. The van der Waals surface area contributed by atoms with Gasteiger partial charge in [-0.1, -0.05) is 56.4 Å². The van der Waals surface area contributed by atoms with Crippen molar-refractivity contribution in [2.45, 2.75) is 46.1 Å². The monoisotopic (exact) mass is 520 g/mol. The number of hydrogen-bond acceptors (Lipinski definition) is 7. The molecule has 1 atom stereocenters. The summed E-state index contributed by atoms with van der Waals surface area (Å²) < 4.78 is 18.5. The van der Waals surface area contributed by atoms with Crippen LogP contribution < -0.4 is 24.4 Å². The van der Waals surface area contributed by atoms with Crippen LogP contribution in [0.25, 0.3) is 6.08 Å². The Labute approximate surface area is 220 Å². The number of aromatic nitrogens is 1. The molecule has 0 saturated carbocycles. The fourth-order valence-corrected chi connectivity index (χ4v) is 5.42. The third kappa shape index (κ3) is 5.11. The molecule has 0 spiro atoms. The molecular weight excluding hydrogens is 488 g/mol. The van der Waals surface area contributed by atoms with Crippen LogP contribution in [-0.4, -0.2) is 31.4 Å². The summed E-state index contributed by atoms with van der Waals surface area (Å²) in [7, 11) is 3.12. The Kier molecular flexibility index (Phi) is 7.41. The number of ether oxygens (including phenoxy) is 3. The van der Waals surface area contributed by atoms with E-state index < -0.39 is 12.0 Å². The lowest BCUT2D eigenvalue weighted by molar-refractivity contribution is -0.139. The number of carbonyl (C=O) groups is 1. The normalized spacial score (nSPS) is 15.8. The molecule has 194 valence electrons. The highest BCUT2D eigenvalue weighted by Crippen LogP contribution is 2.37. The molecule has 0 N–H and O–H groups in total. The third-order valence-electron chi connectivity index (χ3n) is 6.32. The van der Waals surface area contributed by atoms with E-state index >= 15 is 0 Å². The van der Waals surface area contributed by atoms with E-state index in [1.807, 2.05) is 18.2 Å². The molecular formula is C29H32N2O5S. The Balaban J connectivity index is 1.95. The lowest BCUT2D eigenvalue weighted by Crippen LogP contribution is -2.40. The van der Waals surface area contributed by atoms with E-state index in [0.29, 0.717) is 37.7 Å². The molecule has 0 amide bonds. The molecule has 0 bridgehead atoms. The fraction of sp³-hybridized carbons (Fsp3) is 0.345. The molecule has 0 aliphatic carbocycles. The predicted octanol–water partition coefficient (Wildman–Crippen LogP) is 4.11. The highest BCUT2D eigenvalue weighted by atomic mass is 32.1. The molecule has 8 heteroatoms. The maximum atomic E-state index is 13.9. The minimum atomic E-state index is -0.786. The number of fused-ring (bicyclic) bond motifs is 1. The summed E-state index contributed by atoms with van der Waals surface area (Å²) in [4.78, 5) is 32.1. The van der Waals surface area contributed by atoms with Crippen molar-refractivity contribution in [3.63, 3.8) is 0 Å². The maximum Gasteiger partial charge on any atom is 0.338 e. The van der Waals surface area contributed by atoms with Crippen LogP contribution in [0.2, 0.25) is 0 Å². The van der Waals surface area contributed by atoms with Crippen LogP contribution in [0, 0.1) is 0 Å². The number of hydrogen-bond donors (Lipinski definition) is 0. The van der Waals surface area contributed by atoms with Gasteiger partial charge in [-0.15, -0.1) is 0 Å². The van der Waals surface area contributed by atoms with Gasteiger partial charge in [0.1, 0.15) is 17.5 Å². The Morgan fingerprint density at radius 3 is 2.41 bits per heavy atom. The van der Waals surface area contributed by atoms with E-state index in [1.165, 1.54) is 16.9 Å². The first-order valence-corrected chi connectivity index (χ1v) is 12.9. The van der Waals surface area contributed by atoms with Gasteiger partial charge in [0.05, 0.1) is 36.6 Å². The zero-order valence-corrected chi connectivity index (χ0v) is 23.1. The van der Waals surface area contributed by atoms with Gasteiger partial charge in [-0.05, 0) is 54.7 Å². The Morgan fingerprint density at radius 1 is 1.11 bits per heavy atom. The summed E-state index contributed by atoms with van der Waals surface area (Å²) in [5.74, 6) is 0.579. The highest BCUT2D eigenvalue weighted by molar-refractivity contribution is 7.07. The average Bonchev–Trinajstić information content (AvgIpc) is 3.16. The Morgan fingerprint density at radius 2 is 1.81 bits per heavy atom. The number of methoxy groups -OCH3 is 2. The number of allylic oxidation sites excluding steroid dienone is 1. The van der Waals surface area contributed by atoms with Crippen LogP contribution in [0.15, 0.2) is 63.5 Å². The van der Waals surface area contributed by atoms with E-state index in [1.54, 1.807) is 50.8 Å². The van der Waals surface area contributed by atoms with Crippen molar-refractivity contribution in [3.8, 4) is 11.5 Å². The van der Waals surface area contributed by atoms with E-state index in [4.69, 9.17) is 14.2 Å². The number of nitrogens with zero attached hydrogens (tertiary/aromatic N) is 2. The van der Waals surface area contributed by atoms with E-state index in [9.17, 15) is 9.59 Å². The molecule has 7 nitrogen and oxygen atoms in total. The van der Waals surface area contributed by atoms with Crippen LogP contribution in [0.4, 0.5) is 0 Å². The van der Waals surface area contributed by atoms with Crippen LogP contribution in [-0.2, 0) is 14.9 Å². The molecule has 0 unspecified atom stereocenters.